The summed E-state index contributed by atoms with van der Waals surface area (Å²) in [5.74, 6) is 0.609. The van der Waals surface area contributed by atoms with E-state index in [0.717, 1.165) is 11.4 Å². The topological polar surface area (TPSA) is 64.3 Å². The summed E-state index contributed by atoms with van der Waals surface area (Å²) in [6, 6.07) is 7.39. The van der Waals surface area contributed by atoms with Gasteiger partial charge in [-0.15, -0.1) is 0 Å². The Hall–Kier alpha value is -1.81. The third-order valence-electron chi connectivity index (χ3n) is 2.87. The zero-order valence-electron chi connectivity index (χ0n) is 10.4. The lowest BCUT2D eigenvalue weighted by Gasteiger charge is -2.11. The van der Waals surface area contributed by atoms with Gasteiger partial charge < -0.3 is 15.8 Å². The van der Waals surface area contributed by atoms with Crippen molar-refractivity contribution in [3.05, 3.63) is 36.4 Å². The van der Waals surface area contributed by atoms with E-state index in [4.69, 9.17) is 10.5 Å². The van der Waals surface area contributed by atoms with Gasteiger partial charge in [0.2, 0.25) is 5.91 Å². The predicted octanol–water partition coefficient (Wildman–Crippen LogP) is 1.93. The highest BCUT2D eigenvalue weighted by Gasteiger charge is 2.22. The highest BCUT2D eigenvalue weighted by Crippen LogP contribution is 2.21. The van der Waals surface area contributed by atoms with E-state index in [1.54, 1.807) is 0 Å². The minimum Gasteiger partial charge on any atom is -0.494 e. The van der Waals surface area contributed by atoms with Gasteiger partial charge >= 0.3 is 0 Å². The number of anilines is 1. The highest BCUT2D eigenvalue weighted by molar-refractivity contribution is 5.94. The Kier molecular flexibility index (Phi) is 3.99. The van der Waals surface area contributed by atoms with Crippen molar-refractivity contribution in [3.8, 4) is 5.75 Å². The van der Waals surface area contributed by atoms with Gasteiger partial charge in [-0.1, -0.05) is 18.2 Å². The second-order valence-corrected chi connectivity index (χ2v) is 4.34. The number of carbonyl (C=O) groups is 1. The normalized spacial score (nSPS) is 21.9. The second-order valence-electron chi connectivity index (χ2n) is 4.34. The fourth-order valence-electron chi connectivity index (χ4n) is 1.99. The SMILES string of the molecule is CCOc1cccc(NC(=O)C2C=CC(N)C2)c1. The summed E-state index contributed by atoms with van der Waals surface area (Å²) < 4.78 is 5.39. The number of hydrogen-bond acceptors (Lipinski definition) is 3. The molecular formula is C14H18N2O2. The molecule has 0 fully saturated rings. The third-order valence-corrected chi connectivity index (χ3v) is 2.87. The second kappa shape index (κ2) is 5.69. The van der Waals surface area contributed by atoms with E-state index >= 15 is 0 Å². The minimum atomic E-state index is -0.129. The van der Waals surface area contributed by atoms with Crippen LogP contribution in [-0.4, -0.2) is 18.6 Å². The van der Waals surface area contributed by atoms with Crippen LogP contribution >= 0.6 is 0 Å². The maximum absolute atomic E-state index is 12.0. The van der Waals surface area contributed by atoms with Crippen LogP contribution in [-0.2, 0) is 4.79 Å². The van der Waals surface area contributed by atoms with E-state index in [-0.39, 0.29) is 17.9 Å². The van der Waals surface area contributed by atoms with Gasteiger partial charge in [0.25, 0.3) is 0 Å². The van der Waals surface area contributed by atoms with Gasteiger partial charge in [-0.25, -0.2) is 0 Å². The van der Waals surface area contributed by atoms with E-state index in [0.29, 0.717) is 13.0 Å². The Bertz CT molecular complexity index is 457. The number of rotatable bonds is 4. The average Bonchev–Trinajstić information content (AvgIpc) is 2.77. The van der Waals surface area contributed by atoms with Crippen molar-refractivity contribution in [1.82, 2.24) is 0 Å². The molecule has 0 saturated heterocycles. The zero-order valence-corrected chi connectivity index (χ0v) is 10.4. The van der Waals surface area contributed by atoms with Gasteiger partial charge in [-0.3, -0.25) is 4.79 Å². The Morgan fingerprint density at radius 1 is 1.50 bits per heavy atom. The maximum atomic E-state index is 12.0. The van der Waals surface area contributed by atoms with Crippen molar-refractivity contribution < 1.29 is 9.53 Å². The Morgan fingerprint density at radius 3 is 3.00 bits per heavy atom. The van der Waals surface area contributed by atoms with Gasteiger partial charge in [0.05, 0.1) is 12.5 Å². The van der Waals surface area contributed by atoms with Crippen LogP contribution in [0.25, 0.3) is 0 Å². The Morgan fingerprint density at radius 2 is 2.33 bits per heavy atom. The van der Waals surface area contributed by atoms with E-state index in [9.17, 15) is 4.79 Å². The van der Waals surface area contributed by atoms with Crippen LogP contribution in [0.5, 0.6) is 5.75 Å². The largest absolute Gasteiger partial charge is 0.494 e. The molecule has 0 bridgehead atoms. The molecule has 1 amide bonds. The van der Waals surface area contributed by atoms with E-state index < -0.39 is 0 Å². The molecule has 0 aliphatic heterocycles. The predicted molar refractivity (Wildman–Crippen MR) is 71.5 cm³/mol. The van der Waals surface area contributed by atoms with E-state index in [1.165, 1.54) is 0 Å². The number of nitrogens with two attached hydrogens (primary N) is 1. The molecule has 2 atom stereocenters. The first-order valence-electron chi connectivity index (χ1n) is 6.16. The lowest BCUT2D eigenvalue weighted by molar-refractivity contribution is -0.118. The van der Waals surface area contributed by atoms with Crippen LogP contribution in [0.4, 0.5) is 5.69 Å². The van der Waals surface area contributed by atoms with Gasteiger partial charge in [0.15, 0.2) is 0 Å². The maximum Gasteiger partial charge on any atom is 0.231 e. The van der Waals surface area contributed by atoms with Crippen LogP contribution in [0.2, 0.25) is 0 Å². The molecule has 1 aromatic carbocycles. The molecule has 18 heavy (non-hydrogen) atoms. The molecule has 1 aromatic rings. The lowest BCUT2D eigenvalue weighted by Crippen LogP contribution is -2.23. The fraction of sp³-hybridized carbons (Fsp3) is 0.357. The third kappa shape index (κ3) is 3.11. The van der Waals surface area contributed by atoms with Crippen LogP contribution < -0.4 is 15.8 Å². The van der Waals surface area contributed by atoms with Crippen LogP contribution in [0, 0.1) is 5.92 Å². The molecule has 1 aliphatic rings. The van der Waals surface area contributed by atoms with Crippen molar-refractivity contribution in [2.75, 3.05) is 11.9 Å². The quantitative estimate of drug-likeness (QED) is 0.798. The molecule has 2 unspecified atom stereocenters. The Labute approximate surface area is 107 Å². The molecule has 2 rings (SSSR count). The lowest BCUT2D eigenvalue weighted by atomic mass is 10.1. The zero-order chi connectivity index (χ0) is 13.0. The monoisotopic (exact) mass is 246 g/mol. The highest BCUT2D eigenvalue weighted by atomic mass is 16.5. The van der Waals surface area contributed by atoms with Crippen LogP contribution in [0.15, 0.2) is 36.4 Å². The molecule has 0 aromatic heterocycles. The molecule has 4 heteroatoms. The van der Waals surface area contributed by atoms with Gasteiger partial charge in [0.1, 0.15) is 5.75 Å². The number of nitrogens with one attached hydrogen (secondary N) is 1. The molecular weight excluding hydrogens is 228 g/mol. The van der Waals surface area contributed by atoms with E-state index in [2.05, 4.69) is 5.32 Å². The smallest absolute Gasteiger partial charge is 0.231 e. The van der Waals surface area contributed by atoms with Gasteiger partial charge in [0, 0.05) is 17.8 Å². The van der Waals surface area contributed by atoms with Crippen molar-refractivity contribution in [2.24, 2.45) is 11.7 Å². The molecule has 0 spiro atoms. The molecule has 0 saturated carbocycles. The summed E-state index contributed by atoms with van der Waals surface area (Å²) in [7, 11) is 0. The molecule has 4 nitrogen and oxygen atoms in total. The van der Waals surface area contributed by atoms with Crippen LogP contribution in [0.1, 0.15) is 13.3 Å². The summed E-state index contributed by atoms with van der Waals surface area (Å²) in [5.41, 5.74) is 6.48. The summed E-state index contributed by atoms with van der Waals surface area (Å²) in [5, 5.41) is 2.88. The number of hydrogen-bond donors (Lipinski definition) is 2. The van der Waals surface area contributed by atoms with Crippen molar-refractivity contribution in [3.63, 3.8) is 0 Å². The minimum absolute atomic E-state index is 0.00416. The molecule has 96 valence electrons. The number of amides is 1. The first-order valence-corrected chi connectivity index (χ1v) is 6.16. The first kappa shape index (κ1) is 12.6. The molecule has 0 heterocycles. The standard InChI is InChI=1S/C14H18N2O2/c1-2-18-13-5-3-4-12(9-13)16-14(17)10-6-7-11(15)8-10/h3-7,9-11H,2,8,15H2,1H3,(H,16,17). The fourth-order valence-corrected chi connectivity index (χ4v) is 1.99. The first-order chi connectivity index (χ1) is 8.69. The Balaban J connectivity index is 1.98. The summed E-state index contributed by atoms with van der Waals surface area (Å²) in [4.78, 5) is 12.0. The van der Waals surface area contributed by atoms with Crippen LogP contribution in [0.3, 0.4) is 0 Å². The molecule has 0 radical (unpaired) electrons. The number of benzene rings is 1. The van der Waals surface area contributed by atoms with Crippen molar-refractivity contribution in [1.29, 1.82) is 0 Å². The van der Waals surface area contributed by atoms with Crippen molar-refractivity contribution >= 4 is 11.6 Å². The van der Waals surface area contributed by atoms with Gasteiger partial charge in [-0.2, -0.15) is 0 Å². The summed E-state index contributed by atoms with van der Waals surface area (Å²) >= 11 is 0. The summed E-state index contributed by atoms with van der Waals surface area (Å²) in [6.45, 7) is 2.54. The number of ether oxygens (including phenoxy) is 1. The van der Waals surface area contributed by atoms with Crippen molar-refractivity contribution in [2.45, 2.75) is 19.4 Å². The molecule has 3 N–H and O–H groups in total. The number of carbonyl (C=O) groups excluding carboxylic acids is 1. The van der Waals surface area contributed by atoms with Gasteiger partial charge in [-0.05, 0) is 25.5 Å². The average molecular weight is 246 g/mol. The summed E-state index contributed by atoms with van der Waals surface area (Å²) in [6.07, 6.45) is 4.42. The van der Waals surface area contributed by atoms with E-state index in [1.807, 2.05) is 43.3 Å². The molecule has 1 aliphatic carbocycles.